The average molecular weight is 371 g/mol. The van der Waals surface area contributed by atoms with Gasteiger partial charge in [0.2, 0.25) is 0 Å². The summed E-state index contributed by atoms with van der Waals surface area (Å²) in [6.07, 6.45) is 2.09. The molecular formula is C23H34N2O2. The Bertz CT molecular complexity index is 683. The van der Waals surface area contributed by atoms with Crippen LogP contribution in [0.2, 0.25) is 0 Å². The number of ether oxygens (including phenoxy) is 2. The highest BCUT2D eigenvalue weighted by atomic mass is 16.5. The number of benzene rings is 2. The first kappa shape index (κ1) is 21.3. The minimum Gasteiger partial charge on any atom is -0.493 e. The van der Waals surface area contributed by atoms with Gasteiger partial charge in [-0.15, -0.1) is 0 Å². The SMILES string of the molecule is COc1cc(CCC(C)NCc2ccc(C)cc2)ccc1OCCN(C)C. The van der Waals surface area contributed by atoms with E-state index in [2.05, 4.69) is 60.5 Å². The molecule has 0 saturated carbocycles. The molecule has 0 bridgehead atoms. The predicted octanol–water partition coefficient (Wildman–Crippen LogP) is 4.05. The molecule has 0 aliphatic carbocycles. The lowest BCUT2D eigenvalue weighted by molar-refractivity contribution is 0.250. The van der Waals surface area contributed by atoms with E-state index >= 15 is 0 Å². The molecule has 0 amide bonds. The normalized spacial score (nSPS) is 12.2. The van der Waals surface area contributed by atoms with Gasteiger partial charge in [0.25, 0.3) is 0 Å². The van der Waals surface area contributed by atoms with Gasteiger partial charge >= 0.3 is 0 Å². The van der Waals surface area contributed by atoms with Gasteiger partial charge < -0.3 is 19.7 Å². The second-order valence-corrected chi connectivity index (χ2v) is 7.44. The van der Waals surface area contributed by atoms with Crippen LogP contribution in [0.3, 0.4) is 0 Å². The van der Waals surface area contributed by atoms with Crippen LogP contribution in [0.1, 0.15) is 30.0 Å². The van der Waals surface area contributed by atoms with Crippen molar-refractivity contribution in [1.29, 1.82) is 0 Å². The van der Waals surface area contributed by atoms with Crippen LogP contribution in [-0.4, -0.2) is 45.3 Å². The van der Waals surface area contributed by atoms with Crippen molar-refractivity contribution in [3.63, 3.8) is 0 Å². The molecule has 0 aliphatic heterocycles. The summed E-state index contributed by atoms with van der Waals surface area (Å²) in [6.45, 7) is 6.80. The first-order valence-corrected chi connectivity index (χ1v) is 9.71. The maximum absolute atomic E-state index is 5.84. The van der Waals surface area contributed by atoms with Crippen molar-refractivity contribution in [1.82, 2.24) is 10.2 Å². The number of likely N-dealkylation sites (N-methyl/N-ethyl adjacent to an activating group) is 1. The third kappa shape index (κ3) is 7.61. The minimum atomic E-state index is 0.452. The number of hydrogen-bond acceptors (Lipinski definition) is 4. The fourth-order valence-corrected chi connectivity index (χ4v) is 2.81. The Morgan fingerprint density at radius 3 is 2.37 bits per heavy atom. The van der Waals surface area contributed by atoms with Crippen LogP contribution >= 0.6 is 0 Å². The van der Waals surface area contributed by atoms with Gasteiger partial charge in [-0.2, -0.15) is 0 Å². The fourth-order valence-electron chi connectivity index (χ4n) is 2.81. The van der Waals surface area contributed by atoms with Gasteiger partial charge in [0.1, 0.15) is 6.61 Å². The average Bonchev–Trinajstić information content (AvgIpc) is 2.66. The van der Waals surface area contributed by atoms with Gasteiger partial charge in [0.05, 0.1) is 7.11 Å². The van der Waals surface area contributed by atoms with E-state index < -0.39 is 0 Å². The summed E-state index contributed by atoms with van der Waals surface area (Å²) in [4.78, 5) is 2.10. The minimum absolute atomic E-state index is 0.452. The van der Waals surface area contributed by atoms with E-state index in [1.54, 1.807) is 7.11 Å². The highest BCUT2D eigenvalue weighted by Gasteiger charge is 2.08. The number of nitrogens with one attached hydrogen (secondary N) is 1. The summed E-state index contributed by atoms with van der Waals surface area (Å²) in [7, 11) is 5.78. The van der Waals surface area contributed by atoms with Crippen LogP contribution in [0.5, 0.6) is 11.5 Å². The highest BCUT2D eigenvalue weighted by Crippen LogP contribution is 2.28. The maximum Gasteiger partial charge on any atom is 0.161 e. The van der Waals surface area contributed by atoms with Crippen molar-refractivity contribution in [2.75, 3.05) is 34.4 Å². The van der Waals surface area contributed by atoms with E-state index in [1.165, 1.54) is 16.7 Å². The molecule has 2 aromatic carbocycles. The molecule has 0 aromatic heterocycles. The number of hydrogen-bond donors (Lipinski definition) is 1. The molecule has 0 saturated heterocycles. The summed E-state index contributed by atoms with van der Waals surface area (Å²) < 4.78 is 11.3. The van der Waals surface area contributed by atoms with Crippen molar-refractivity contribution in [2.45, 2.75) is 39.3 Å². The molecule has 148 valence electrons. The van der Waals surface area contributed by atoms with Gasteiger partial charge in [-0.25, -0.2) is 0 Å². The molecule has 4 nitrogen and oxygen atoms in total. The van der Waals surface area contributed by atoms with Gasteiger partial charge in [-0.3, -0.25) is 0 Å². The first-order chi connectivity index (χ1) is 13.0. The van der Waals surface area contributed by atoms with E-state index in [0.29, 0.717) is 12.6 Å². The first-order valence-electron chi connectivity index (χ1n) is 9.71. The van der Waals surface area contributed by atoms with Crippen molar-refractivity contribution in [3.8, 4) is 11.5 Å². The Morgan fingerprint density at radius 1 is 1.00 bits per heavy atom. The second-order valence-electron chi connectivity index (χ2n) is 7.44. The molecule has 1 atom stereocenters. The van der Waals surface area contributed by atoms with Crippen LogP contribution < -0.4 is 14.8 Å². The van der Waals surface area contributed by atoms with Crippen molar-refractivity contribution in [3.05, 3.63) is 59.2 Å². The van der Waals surface area contributed by atoms with Crippen LogP contribution in [0, 0.1) is 6.92 Å². The zero-order valence-corrected chi connectivity index (χ0v) is 17.4. The van der Waals surface area contributed by atoms with Crippen LogP contribution in [0.25, 0.3) is 0 Å². The Morgan fingerprint density at radius 2 is 1.70 bits per heavy atom. The zero-order chi connectivity index (χ0) is 19.6. The molecule has 0 fully saturated rings. The standard InChI is InChI=1S/C23H34N2O2/c1-18-6-9-21(10-7-18)17-24-19(2)8-11-20-12-13-22(23(16-20)26-5)27-15-14-25(3)4/h6-7,9-10,12-13,16,19,24H,8,11,14-15,17H2,1-5H3. The molecule has 0 spiro atoms. The fraction of sp³-hybridized carbons (Fsp3) is 0.478. The quantitative estimate of drug-likeness (QED) is 0.647. The molecule has 0 heterocycles. The second kappa shape index (κ2) is 11.0. The third-order valence-corrected chi connectivity index (χ3v) is 4.67. The lowest BCUT2D eigenvalue weighted by atomic mass is 10.0. The molecule has 1 unspecified atom stereocenters. The smallest absolute Gasteiger partial charge is 0.161 e. The summed E-state index contributed by atoms with van der Waals surface area (Å²) in [5, 5.41) is 3.61. The van der Waals surface area contributed by atoms with E-state index in [-0.39, 0.29) is 0 Å². The molecule has 2 aromatic rings. The number of methoxy groups -OCH3 is 1. The monoisotopic (exact) mass is 370 g/mol. The summed E-state index contributed by atoms with van der Waals surface area (Å²) >= 11 is 0. The summed E-state index contributed by atoms with van der Waals surface area (Å²) in [5.41, 5.74) is 3.90. The van der Waals surface area contributed by atoms with E-state index in [4.69, 9.17) is 9.47 Å². The molecule has 4 heteroatoms. The van der Waals surface area contributed by atoms with Crippen molar-refractivity contribution in [2.24, 2.45) is 0 Å². The molecular weight excluding hydrogens is 336 g/mol. The third-order valence-electron chi connectivity index (χ3n) is 4.67. The predicted molar refractivity (Wildman–Crippen MR) is 113 cm³/mol. The number of rotatable bonds is 11. The maximum atomic E-state index is 5.84. The largest absolute Gasteiger partial charge is 0.493 e. The Balaban J connectivity index is 1.81. The Labute approximate surface area is 164 Å². The lowest BCUT2D eigenvalue weighted by Gasteiger charge is -2.16. The van der Waals surface area contributed by atoms with E-state index in [9.17, 15) is 0 Å². The van der Waals surface area contributed by atoms with Crippen LogP contribution in [0.15, 0.2) is 42.5 Å². The Kier molecular flexibility index (Phi) is 8.62. The molecule has 2 rings (SSSR count). The van der Waals surface area contributed by atoms with Gasteiger partial charge in [0.15, 0.2) is 11.5 Å². The van der Waals surface area contributed by atoms with Crippen LogP contribution in [0.4, 0.5) is 0 Å². The number of aryl methyl sites for hydroxylation is 2. The molecule has 27 heavy (non-hydrogen) atoms. The van der Waals surface area contributed by atoms with E-state index in [0.717, 1.165) is 37.4 Å². The highest BCUT2D eigenvalue weighted by molar-refractivity contribution is 5.43. The van der Waals surface area contributed by atoms with Crippen LogP contribution in [-0.2, 0) is 13.0 Å². The Hall–Kier alpha value is -2.04. The van der Waals surface area contributed by atoms with Crippen molar-refractivity contribution < 1.29 is 9.47 Å². The zero-order valence-electron chi connectivity index (χ0n) is 17.4. The molecule has 0 radical (unpaired) electrons. The molecule has 1 N–H and O–H groups in total. The van der Waals surface area contributed by atoms with Gasteiger partial charge in [0, 0.05) is 19.1 Å². The van der Waals surface area contributed by atoms with Gasteiger partial charge in [-0.05, 0) is 64.0 Å². The van der Waals surface area contributed by atoms with Crippen molar-refractivity contribution >= 4 is 0 Å². The topological polar surface area (TPSA) is 33.7 Å². The molecule has 0 aliphatic rings. The lowest BCUT2D eigenvalue weighted by Crippen LogP contribution is -2.25. The van der Waals surface area contributed by atoms with Gasteiger partial charge in [-0.1, -0.05) is 35.9 Å². The summed E-state index contributed by atoms with van der Waals surface area (Å²) in [5.74, 6) is 1.63. The summed E-state index contributed by atoms with van der Waals surface area (Å²) in [6, 6.07) is 15.4. The number of nitrogens with zero attached hydrogens (tertiary/aromatic N) is 1. The van der Waals surface area contributed by atoms with E-state index in [1.807, 2.05) is 20.2 Å².